The van der Waals surface area contributed by atoms with Crippen LogP contribution in [0.2, 0.25) is 0 Å². The number of ether oxygens (including phenoxy) is 2. The van der Waals surface area contributed by atoms with E-state index >= 15 is 0 Å². The number of aliphatic hydroxyl groups is 1. The van der Waals surface area contributed by atoms with Crippen molar-refractivity contribution in [3.63, 3.8) is 0 Å². The number of aryl methyl sites for hydroxylation is 1. The van der Waals surface area contributed by atoms with Gasteiger partial charge >= 0.3 is 0 Å². The smallest absolute Gasteiger partial charge is 0.261 e. The van der Waals surface area contributed by atoms with Crippen molar-refractivity contribution in [2.75, 3.05) is 19.5 Å². The quantitative estimate of drug-likeness (QED) is 0.635. The van der Waals surface area contributed by atoms with E-state index in [1.807, 2.05) is 0 Å². The zero-order valence-corrected chi connectivity index (χ0v) is 15.1. The Morgan fingerprint density at radius 1 is 1.30 bits per heavy atom. The number of fused-ring (bicyclic) bond motifs is 1. The molecule has 0 atom stereocenters. The van der Waals surface area contributed by atoms with Crippen LogP contribution in [0.4, 0.5) is 5.69 Å². The number of carbonyl (C=O) groups is 1. The maximum absolute atomic E-state index is 12.7. The highest BCUT2D eigenvalue weighted by molar-refractivity contribution is 6.06. The van der Waals surface area contributed by atoms with Gasteiger partial charge in [0.05, 0.1) is 32.2 Å². The van der Waals surface area contributed by atoms with Crippen LogP contribution in [-0.2, 0) is 6.61 Å². The normalized spacial score (nSPS) is 10.7. The Kier molecular flexibility index (Phi) is 5.09. The Morgan fingerprint density at radius 2 is 2.07 bits per heavy atom. The first-order valence-electron chi connectivity index (χ1n) is 8.09. The first-order chi connectivity index (χ1) is 13.0. The van der Waals surface area contributed by atoms with Gasteiger partial charge in [-0.2, -0.15) is 0 Å². The van der Waals surface area contributed by atoms with Crippen LogP contribution in [0.15, 0.2) is 34.9 Å². The molecule has 27 heavy (non-hydrogen) atoms. The summed E-state index contributed by atoms with van der Waals surface area (Å²) in [4.78, 5) is 16.9. The Bertz CT molecular complexity index is 1070. The van der Waals surface area contributed by atoms with Crippen molar-refractivity contribution in [3.8, 4) is 11.5 Å². The van der Waals surface area contributed by atoms with Crippen molar-refractivity contribution in [2.24, 2.45) is 0 Å². The maximum Gasteiger partial charge on any atom is 0.261 e. The number of aromatic nitrogens is 1. The fourth-order valence-electron chi connectivity index (χ4n) is 2.68. The van der Waals surface area contributed by atoms with E-state index in [1.54, 1.807) is 25.1 Å². The zero-order chi connectivity index (χ0) is 19.6. The highest BCUT2D eigenvalue weighted by Gasteiger charge is 2.17. The molecule has 2 aromatic heterocycles. The third kappa shape index (κ3) is 3.47. The van der Waals surface area contributed by atoms with Crippen LogP contribution in [0.1, 0.15) is 21.6 Å². The van der Waals surface area contributed by atoms with Gasteiger partial charge in [-0.15, -0.1) is 0 Å². The first-order valence-corrected chi connectivity index (χ1v) is 8.09. The molecule has 0 unspecified atom stereocenters. The molecule has 1 amide bonds. The van der Waals surface area contributed by atoms with Gasteiger partial charge in [-0.25, -0.2) is 0 Å². The van der Waals surface area contributed by atoms with Gasteiger partial charge in [0.2, 0.25) is 5.55 Å². The summed E-state index contributed by atoms with van der Waals surface area (Å²) in [6.07, 6.45) is 1.52. The largest absolute Gasteiger partial charge is 0.497 e. The molecule has 8 heteroatoms. The minimum absolute atomic E-state index is 0.0284. The minimum atomic E-state index is -0.535. The monoisotopic (exact) mass is 369 g/mol. The molecule has 3 rings (SSSR count). The summed E-state index contributed by atoms with van der Waals surface area (Å²) >= 11 is 0. The van der Waals surface area contributed by atoms with Crippen LogP contribution in [0.5, 0.6) is 11.5 Å². The van der Waals surface area contributed by atoms with Crippen LogP contribution in [-0.4, -0.2) is 30.2 Å². The van der Waals surface area contributed by atoms with Crippen molar-refractivity contribution in [3.05, 3.63) is 52.8 Å². The van der Waals surface area contributed by atoms with Gasteiger partial charge in [0.15, 0.2) is 5.58 Å². The van der Waals surface area contributed by atoms with Crippen molar-refractivity contribution >= 4 is 22.6 Å². The molecule has 140 valence electrons. The third-order valence-corrected chi connectivity index (χ3v) is 4.14. The molecule has 0 spiro atoms. The van der Waals surface area contributed by atoms with Crippen LogP contribution in [0.25, 0.3) is 11.0 Å². The molecule has 0 bridgehead atoms. The predicted octanol–water partition coefficient (Wildman–Crippen LogP) is 2.38. The van der Waals surface area contributed by atoms with Crippen molar-refractivity contribution < 1.29 is 23.8 Å². The highest BCUT2D eigenvalue weighted by atomic mass is 16.5. The summed E-state index contributed by atoms with van der Waals surface area (Å²) in [5, 5.41) is 20.8. The number of rotatable bonds is 5. The lowest BCUT2D eigenvalue weighted by Gasteiger charge is -2.12. The van der Waals surface area contributed by atoms with E-state index in [4.69, 9.17) is 19.3 Å². The molecule has 0 fully saturated rings. The molecule has 3 aromatic rings. The third-order valence-electron chi connectivity index (χ3n) is 4.14. The lowest BCUT2D eigenvalue weighted by molar-refractivity contribution is 0.102. The minimum Gasteiger partial charge on any atom is -0.497 e. The summed E-state index contributed by atoms with van der Waals surface area (Å²) in [6.45, 7) is 1.47. The predicted molar refractivity (Wildman–Crippen MR) is 98.0 cm³/mol. The number of aliphatic hydroxyl groups excluding tert-OH is 1. The second-order valence-electron chi connectivity index (χ2n) is 5.78. The van der Waals surface area contributed by atoms with E-state index in [9.17, 15) is 9.90 Å². The van der Waals surface area contributed by atoms with E-state index in [1.165, 1.54) is 26.5 Å². The fourth-order valence-corrected chi connectivity index (χ4v) is 2.68. The summed E-state index contributed by atoms with van der Waals surface area (Å²) < 4.78 is 15.9. The van der Waals surface area contributed by atoms with E-state index in [0.29, 0.717) is 39.4 Å². The average Bonchev–Trinajstić information content (AvgIpc) is 2.68. The number of amides is 1. The summed E-state index contributed by atoms with van der Waals surface area (Å²) in [5.74, 6) is 0.470. The Labute approximate surface area is 154 Å². The molecular formula is C19H19N3O5. The van der Waals surface area contributed by atoms with Crippen molar-refractivity contribution in [2.45, 2.75) is 13.5 Å². The number of carbonyl (C=O) groups excluding carboxylic acids is 1. The van der Waals surface area contributed by atoms with E-state index in [0.717, 1.165) is 0 Å². The van der Waals surface area contributed by atoms with Gasteiger partial charge in [-0.05, 0) is 25.1 Å². The maximum atomic E-state index is 12.7. The molecule has 0 aliphatic heterocycles. The Morgan fingerprint density at radius 3 is 2.74 bits per heavy atom. The standard InChI is InChI=1S/C19H19N3O5/c1-10-17-13(11(9-23)8-21-10)7-14(18(20)27-17)19(24)22-15-5-4-12(25-2)6-16(15)26-3/h4-8,20,23H,9H2,1-3H3,(H,22,24). The summed E-state index contributed by atoms with van der Waals surface area (Å²) in [7, 11) is 3.01. The molecule has 0 aliphatic carbocycles. The summed E-state index contributed by atoms with van der Waals surface area (Å²) in [5.41, 5.74) is 1.60. The zero-order valence-electron chi connectivity index (χ0n) is 15.1. The molecule has 2 heterocycles. The lowest BCUT2D eigenvalue weighted by atomic mass is 10.1. The van der Waals surface area contributed by atoms with Gasteiger partial charge in [-0.1, -0.05) is 0 Å². The van der Waals surface area contributed by atoms with Crippen LogP contribution in [0, 0.1) is 12.3 Å². The van der Waals surface area contributed by atoms with E-state index in [-0.39, 0.29) is 17.7 Å². The molecule has 0 saturated heterocycles. The lowest BCUT2D eigenvalue weighted by Crippen LogP contribution is -2.21. The molecule has 0 saturated carbocycles. The van der Waals surface area contributed by atoms with Crippen LogP contribution in [0.3, 0.4) is 0 Å². The van der Waals surface area contributed by atoms with Gasteiger partial charge < -0.3 is 24.3 Å². The SMILES string of the molecule is COc1ccc(NC(=O)c2cc3c(CO)cnc(C)c3oc2=N)c(OC)c1. The highest BCUT2D eigenvalue weighted by Crippen LogP contribution is 2.29. The van der Waals surface area contributed by atoms with Gasteiger partial charge in [0.1, 0.15) is 17.1 Å². The Hall–Kier alpha value is -3.39. The Balaban J connectivity index is 2.04. The van der Waals surface area contributed by atoms with Crippen LogP contribution >= 0.6 is 0 Å². The molecule has 1 aromatic carbocycles. The second-order valence-corrected chi connectivity index (χ2v) is 5.78. The molecule has 3 N–H and O–H groups in total. The number of nitrogens with one attached hydrogen (secondary N) is 2. The number of anilines is 1. The number of nitrogens with zero attached hydrogens (tertiary/aromatic N) is 1. The topological polar surface area (TPSA) is 118 Å². The molecular weight excluding hydrogens is 350 g/mol. The fraction of sp³-hybridized carbons (Fsp3) is 0.211. The number of methoxy groups -OCH3 is 2. The van der Waals surface area contributed by atoms with Gasteiger partial charge in [0, 0.05) is 23.2 Å². The first kappa shape index (κ1) is 18.4. The number of hydrogen-bond donors (Lipinski definition) is 3. The number of pyridine rings is 1. The van der Waals surface area contributed by atoms with Crippen LogP contribution < -0.4 is 20.3 Å². The van der Waals surface area contributed by atoms with E-state index < -0.39 is 5.91 Å². The van der Waals surface area contributed by atoms with Gasteiger partial charge in [0.25, 0.3) is 5.91 Å². The van der Waals surface area contributed by atoms with Crippen molar-refractivity contribution in [1.29, 1.82) is 5.41 Å². The number of benzene rings is 1. The molecule has 0 aliphatic rings. The second kappa shape index (κ2) is 7.46. The average molecular weight is 369 g/mol. The molecule has 8 nitrogen and oxygen atoms in total. The number of hydrogen-bond acceptors (Lipinski definition) is 7. The van der Waals surface area contributed by atoms with E-state index in [2.05, 4.69) is 10.3 Å². The summed E-state index contributed by atoms with van der Waals surface area (Å²) in [6, 6.07) is 6.49. The van der Waals surface area contributed by atoms with Crippen molar-refractivity contribution in [1.82, 2.24) is 4.98 Å². The molecule has 0 radical (unpaired) electrons. The van der Waals surface area contributed by atoms with Gasteiger partial charge in [-0.3, -0.25) is 15.2 Å².